The average molecular weight is 223 g/mol. The van der Waals surface area contributed by atoms with Crippen LogP contribution in [0.3, 0.4) is 0 Å². The first-order chi connectivity index (χ1) is 7.15. The highest BCUT2D eigenvalue weighted by Crippen LogP contribution is 2.21. The summed E-state index contributed by atoms with van der Waals surface area (Å²) in [6, 6.07) is 0.0456. The lowest BCUT2D eigenvalue weighted by atomic mass is 10.3. The van der Waals surface area contributed by atoms with E-state index in [4.69, 9.17) is 4.42 Å². The Hall–Kier alpha value is -1.36. The Balaban J connectivity index is 2.06. The van der Waals surface area contributed by atoms with Crippen molar-refractivity contribution in [1.82, 2.24) is 9.97 Å². The lowest BCUT2D eigenvalue weighted by molar-refractivity contribution is 0.453. The van der Waals surface area contributed by atoms with Crippen LogP contribution in [0.1, 0.15) is 30.3 Å². The van der Waals surface area contributed by atoms with E-state index in [1.807, 2.05) is 26.2 Å². The van der Waals surface area contributed by atoms with Crippen LogP contribution in [0, 0.1) is 13.8 Å². The van der Waals surface area contributed by atoms with Gasteiger partial charge in [-0.3, -0.25) is 0 Å². The molecule has 5 heteroatoms. The first-order valence-electron chi connectivity index (χ1n) is 4.76. The maximum Gasteiger partial charge on any atom is 0.216 e. The highest BCUT2D eigenvalue weighted by molar-refractivity contribution is 7.13. The molecule has 0 saturated carbocycles. The Bertz CT molecular complexity index is 449. The third kappa shape index (κ3) is 2.36. The molecular formula is C10H13N3OS. The van der Waals surface area contributed by atoms with Crippen LogP contribution >= 0.6 is 11.3 Å². The van der Waals surface area contributed by atoms with Gasteiger partial charge < -0.3 is 9.73 Å². The van der Waals surface area contributed by atoms with Crippen LogP contribution in [0.25, 0.3) is 0 Å². The van der Waals surface area contributed by atoms with Gasteiger partial charge in [-0.15, -0.1) is 11.3 Å². The zero-order valence-electron chi connectivity index (χ0n) is 8.94. The second kappa shape index (κ2) is 4.02. The summed E-state index contributed by atoms with van der Waals surface area (Å²) < 4.78 is 5.43. The SMILES string of the molecule is Cc1csc(NC(C)c2ncc(C)o2)n1. The lowest BCUT2D eigenvalue weighted by Gasteiger charge is -2.07. The number of rotatable bonds is 3. The summed E-state index contributed by atoms with van der Waals surface area (Å²) in [5, 5.41) is 6.15. The number of hydrogen-bond acceptors (Lipinski definition) is 5. The van der Waals surface area contributed by atoms with E-state index in [-0.39, 0.29) is 6.04 Å². The Kier molecular flexibility index (Phi) is 2.73. The monoisotopic (exact) mass is 223 g/mol. The summed E-state index contributed by atoms with van der Waals surface area (Å²) in [4.78, 5) is 8.49. The van der Waals surface area contributed by atoms with Gasteiger partial charge in [0.05, 0.1) is 11.9 Å². The molecule has 0 amide bonds. The van der Waals surface area contributed by atoms with Gasteiger partial charge in [0, 0.05) is 5.38 Å². The van der Waals surface area contributed by atoms with Gasteiger partial charge >= 0.3 is 0 Å². The van der Waals surface area contributed by atoms with Gasteiger partial charge in [-0.1, -0.05) is 0 Å². The first-order valence-corrected chi connectivity index (χ1v) is 5.64. The molecule has 0 spiro atoms. The standard InChI is InChI=1S/C10H13N3OS/c1-6-5-15-10(12-6)13-8(3)9-11-4-7(2)14-9/h4-5,8H,1-3H3,(H,12,13). The molecule has 0 aliphatic carbocycles. The maximum atomic E-state index is 5.43. The predicted octanol–water partition coefficient (Wildman–Crippen LogP) is 2.92. The minimum atomic E-state index is 0.0456. The highest BCUT2D eigenvalue weighted by atomic mass is 32.1. The maximum absolute atomic E-state index is 5.43. The molecule has 0 aromatic carbocycles. The van der Waals surface area contributed by atoms with Gasteiger partial charge in [-0.2, -0.15) is 0 Å². The van der Waals surface area contributed by atoms with Crippen LogP contribution in [0.15, 0.2) is 16.0 Å². The van der Waals surface area contributed by atoms with Crippen molar-refractivity contribution in [3.8, 4) is 0 Å². The smallest absolute Gasteiger partial charge is 0.216 e. The molecule has 1 atom stereocenters. The molecule has 0 aliphatic rings. The zero-order valence-corrected chi connectivity index (χ0v) is 9.76. The number of aryl methyl sites for hydroxylation is 2. The molecule has 1 N–H and O–H groups in total. The second-order valence-corrected chi connectivity index (χ2v) is 4.33. The van der Waals surface area contributed by atoms with Crippen molar-refractivity contribution in [2.45, 2.75) is 26.8 Å². The van der Waals surface area contributed by atoms with E-state index >= 15 is 0 Å². The van der Waals surface area contributed by atoms with Crippen molar-refractivity contribution >= 4 is 16.5 Å². The minimum Gasteiger partial charge on any atom is -0.444 e. The largest absolute Gasteiger partial charge is 0.444 e. The lowest BCUT2D eigenvalue weighted by Crippen LogP contribution is -2.06. The molecule has 80 valence electrons. The minimum absolute atomic E-state index is 0.0456. The molecular weight excluding hydrogens is 210 g/mol. The molecule has 2 aromatic heterocycles. The number of aromatic nitrogens is 2. The average Bonchev–Trinajstić information content (AvgIpc) is 2.75. The van der Waals surface area contributed by atoms with Crippen molar-refractivity contribution in [2.75, 3.05) is 5.32 Å². The number of anilines is 1. The molecule has 0 aliphatic heterocycles. The van der Waals surface area contributed by atoms with E-state index in [1.54, 1.807) is 17.5 Å². The third-order valence-corrected chi connectivity index (χ3v) is 2.86. The highest BCUT2D eigenvalue weighted by Gasteiger charge is 2.12. The van der Waals surface area contributed by atoms with Crippen LogP contribution in [-0.4, -0.2) is 9.97 Å². The van der Waals surface area contributed by atoms with E-state index in [1.165, 1.54) is 0 Å². The van der Waals surface area contributed by atoms with E-state index in [0.29, 0.717) is 5.89 Å². The van der Waals surface area contributed by atoms with Gasteiger partial charge in [0.15, 0.2) is 5.13 Å². The summed E-state index contributed by atoms with van der Waals surface area (Å²) in [5.41, 5.74) is 1.03. The Morgan fingerprint density at radius 2 is 2.27 bits per heavy atom. The van der Waals surface area contributed by atoms with Crippen molar-refractivity contribution < 1.29 is 4.42 Å². The molecule has 15 heavy (non-hydrogen) atoms. The molecule has 4 nitrogen and oxygen atoms in total. The fourth-order valence-electron chi connectivity index (χ4n) is 1.24. The number of nitrogens with one attached hydrogen (secondary N) is 1. The topological polar surface area (TPSA) is 51.0 Å². The van der Waals surface area contributed by atoms with Crippen molar-refractivity contribution in [3.63, 3.8) is 0 Å². The van der Waals surface area contributed by atoms with Gasteiger partial charge in [0.2, 0.25) is 5.89 Å². The van der Waals surface area contributed by atoms with Crippen molar-refractivity contribution in [3.05, 3.63) is 28.9 Å². The number of thiazole rings is 1. The summed E-state index contributed by atoms with van der Waals surface area (Å²) in [7, 11) is 0. The fourth-order valence-corrected chi connectivity index (χ4v) is 2.02. The summed E-state index contributed by atoms with van der Waals surface area (Å²) in [6.45, 7) is 5.86. The van der Waals surface area contributed by atoms with E-state index in [9.17, 15) is 0 Å². The van der Waals surface area contributed by atoms with Crippen molar-refractivity contribution in [1.29, 1.82) is 0 Å². The Labute approximate surface area is 92.4 Å². The van der Waals surface area contributed by atoms with Crippen LogP contribution in [-0.2, 0) is 0 Å². The van der Waals surface area contributed by atoms with Gasteiger partial charge in [0.1, 0.15) is 11.8 Å². The number of nitrogens with zero attached hydrogens (tertiary/aromatic N) is 2. The molecule has 2 rings (SSSR count). The summed E-state index contributed by atoms with van der Waals surface area (Å²) in [5.74, 6) is 1.52. The van der Waals surface area contributed by atoms with E-state index in [2.05, 4.69) is 15.3 Å². The van der Waals surface area contributed by atoms with Crippen LogP contribution in [0.4, 0.5) is 5.13 Å². The molecule has 0 bridgehead atoms. The second-order valence-electron chi connectivity index (χ2n) is 3.47. The molecule has 0 saturated heterocycles. The third-order valence-electron chi connectivity index (χ3n) is 1.97. The van der Waals surface area contributed by atoms with Gasteiger partial charge in [-0.05, 0) is 20.8 Å². The first kappa shape index (κ1) is 10.2. The van der Waals surface area contributed by atoms with Gasteiger partial charge in [0.25, 0.3) is 0 Å². The molecule has 2 aromatic rings. The Morgan fingerprint density at radius 3 is 2.80 bits per heavy atom. The number of oxazole rings is 1. The van der Waals surface area contributed by atoms with Crippen LogP contribution in [0.5, 0.6) is 0 Å². The molecule has 2 heterocycles. The normalized spacial score (nSPS) is 12.7. The van der Waals surface area contributed by atoms with E-state index < -0.39 is 0 Å². The predicted molar refractivity (Wildman–Crippen MR) is 60.1 cm³/mol. The van der Waals surface area contributed by atoms with Crippen molar-refractivity contribution in [2.24, 2.45) is 0 Å². The van der Waals surface area contributed by atoms with E-state index in [0.717, 1.165) is 16.6 Å². The van der Waals surface area contributed by atoms with Crippen LogP contribution in [0.2, 0.25) is 0 Å². The molecule has 0 fully saturated rings. The Morgan fingerprint density at radius 1 is 1.47 bits per heavy atom. The molecule has 1 unspecified atom stereocenters. The quantitative estimate of drug-likeness (QED) is 0.869. The molecule has 0 radical (unpaired) electrons. The fraction of sp³-hybridized carbons (Fsp3) is 0.400. The zero-order chi connectivity index (χ0) is 10.8. The summed E-state index contributed by atoms with van der Waals surface area (Å²) >= 11 is 1.59. The van der Waals surface area contributed by atoms with Gasteiger partial charge in [-0.25, -0.2) is 9.97 Å². The summed E-state index contributed by atoms with van der Waals surface area (Å²) in [6.07, 6.45) is 1.72. The van der Waals surface area contributed by atoms with Crippen LogP contribution < -0.4 is 5.32 Å². The number of hydrogen-bond donors (Lipinski definition) is 1.